The largest absolute Gasteiger partial charge is 0.342 e. The van der Waals surface area contributed by atoms with E-state index in [1.807, 2.05) is 4.90 Å². The molecule has 0 spiro atoms. The maximum absolute atomic E-state index is 12.9. The molecule has 0 aromatic heterocycles. The first-order valence-electron chi connectivity index (χ1n) is 7.69. The van der Waals surface area contributed by atoms with E-state index >= 15 is 0 Å². The Bertz CT molecular complexity index is 391. The van der Waals surface area contributed by atoms with Gasteiger partial charge in [-0.25, -0.2) is 0 Å². The molecule has 0 aromatic rings. The third-order valence-electron chi connectivity index (χ3n) is 4.87. The lowest BCUT2D eigenvalue weighted by Gasteiger charge is -2.39. The van der Waals surface area contributed by atoms with Crippen LogP contribution in [0.5, 0.6) is 0 Å². The van der Waals surface area contributed by atoms with Gasteiger partial charge in [-0.2, -0.15) is 0 Å². The minimum absolute atomic E-state index is 0.0295. The summed E-state index contributed by atoms with van der Waals surface area (Å²) in [4.78, 5) is 26.4. The van der Waals surface area contributed by atoms with Crippen molar-refractivity contribution in [1.29, 1.82) is 0 Å². The van der Waals surface area contributed by atoms with E-state index in [-0.39, 0.29) is 17.2 Å². The van der Waals surface area contributed by atoms with Crippen molar-refractivity contribution >= 4 is 11.8 Å². The zero-order valence-electron chi connectivity index (χ0n) is 12.7. The van der Waals surface area contributed by atoms with Gasteiger partial charge in [-0.15, -0.1) is 0 Å². The first kappa shape index (κ1) is 15.3. The number of rotatable bonds is 3. The fourth-order valence-electron chi connectivity index (χ4n) is 3.55. The molecule has 1 atom stereocenters. The van der Waals surface area contributed by atoms with E-state index in [9.17, 15) is 9.59 Å². The molecule has 114 valence electrons. The summed E-state index contributed by atoms with van der Waals surface area (Å²) in [6, 6.07) is 0. The minimum atomic E-state index is -0.663. The van der Waals surface area contributed by atoms with Crippen LogP contribution >= 0.6 is 0 Å². The lowest BCUT2D eigenvalue weighted by Crippen LogP contribution is -2.60. The predicted octanol–water partition coefficient (Wildman–Crippen LogP) is 1.02. The molecule has 1 heterocycles. The highest BCUT2D eigenvalue weighted by Gasteiger charge is 2.46. The maximum Gasteiger partial charge on any atom is 0.248 e. The molecule has 1 saturated heterocycles. The highest BCUT2D eigenvalue weighted by atomic mass is 16.2. The molecule has 1 unspecified atom stereocenters. The van der Waals surface area contributed by atoms with E-state index in [0.29, 0.717) is 13.1 Å². The van der Waals surface area contributed by atoms with Crippen LogP contribution in [-0.2, 0) is 9.59 Å². The number of hydrogen-bond donors (Lipinski definition) is 2. The zero-order valence-corrected chi connectivity index (χ0v) is 12.7. The molecule has 2 rings (SSSR count). The van der Waals surface area contributed by atoms with E-state index in [4.69, 9.17) is 5.73 Å². The highest BCUT2D eigenvalue weighted by Crippen LogP contribution is 2.34. The summed E-state index contributed by atoms with van der Waals surface area (Å²) in [5.74, 6) is -0.00870. The van der Waals surface area contributed by atoms with Crippen LogP contribution < -0.4 is 11.1 Å². The quantitative estimate of drug-likeness (QED) is 0.811. The molecule has 0 aromatic carbocycles. The number of likely N-dealkylation sites (tertiary alicyclic amines) is 1. The molecule has 0 radical (unpaired) electrons. The summed E-state index contributed by atoms with van der Waals surface area (Å²) in [5, 5.41) is 2.96. The fourth-order valence-corrected chi connectivity index (χ4v) is 3.55. The first-order chi connectivity index (χ1) is 9.41. The van der Waals surface area contributed by atoms with Crippen molar-refractivity contribution in [2.45, 2.75) is 57.9 Å². The van der Waals surface area contributed by atoms with Crippen LogP contribution in [0.3, 0.4) is 0 Å². The Hall–Kier alpha value is -1.10. The molecule has 5 heteroatoms. The molecular formula is C15H27N3O2. The Labute approximate surface area is 121 Å². The Morgan fingerprint density at radius 1 is 1.20 bits per heavy atom. The van der Waals surface area contributed by atoms with E-state index in [1.165, 1.54) is 6.92 Å². The van der Waals surface area contributed by atoms with Crippen LogP contribution in [0, 0.1) is 5.41 Å². The first-order valence-corrected chi connectivity index (χ1v) is 7.69. The molecule has 20 heavy (non-hydrogen) atoms. The molecule has 1 saturated carbocycles. The number of nitrogens with zero attached hydrogens (tertiary/aromatic N) is 1. The number of amides is 2. The standard InChI is InChI=1S/C15H27N3O2/c1-12(19)17-15(6-4-3-5-7-15)13(20)18-9-8-14(2,10-16)11-18/h3-11,16H2,1-2H3,(H,17,19). The van der Waals surface area contributed by atoms with Gasteiger partial charge in [0, 0.05) is 20.0 Å². The minimum Gasteiger partial charge on any atom is -0.342 e. The number of nitrogens with one attached hydrogen (secondary N) is 1. The lowest BCUT2D eigenvalue weighted by molar-refractivity contribution is -0.142. The summed E-state index contributed by atoms with van der Waals surface area (Å²) >= 11 is 0. The summed E-state index contributed by atoms with van der Waals surface area (Å²) in [7, 11) is 0. The normalized spacial score (nSPS) is 29.2. The maximum atomic E-state index is 12.9. The summed E-state index contributed by atoms with van der Waals surface area (Å²) in [6.07, 6.45) is 5.64. The van der Waals surface area contributed by atoms with Gasteiger partial charge in [0.2, 0.25) is 11.8 Å². The van der Waals surface area contributed by atoms with Gasteiger partial charge in [0.15, 0.2) is 0 Å². The fraction of sp³-hybridized carbons (Fsp3) is 0.867. The van der Waals surface area contributed by atoms with Crippen molar-refractivity contribution in [1.82, 2.24) is 10.2 Å². The van der Waals surface area contributed by atoms with Crippen LogP contribution in [0.1, 0.15) is 52.4 Å². The van der Waals surface area contributed by atoms with Gasteiger partial charge in [-0.3, -0.25) is 9.59 Å². The van der Waals surface area contributed by atoms with Crippen LogP contribution in [0.15, 0.2) is 0 Å². The van der Waals surface area contributed by atoms with Gasteiger partial charge in [-0.05, 0) is 31.2 Å². The van der Waals surface area contributed by atoms with Crippen LogP contribution in [-0.4, -0.2) is 41.9 Å². The predicted molar refractivity (Wildman–Crippen MR) is 78.0 cm³/mol. The topological polar surface area (TPSA) is 75.4 Å². The van der Waals surface area contributed by atoms with Crippen molar-refractivity contribution in [3.05, 3.63) is 0 Å². The van der Waals surface area contributed by atoms with Crippen LogP contribution in [0.2, 0.25) is 0 Å². The van der Waals surface area contributed by atoms with E-state index < -0.39 is 5.54 Å². The SMILES string of the molecule is CC(=O)NC1(C(=O)N2CCC(C)(CN)C2)CCCCC1. The summed E-state index contributed by atoms with van der Waals surface area (Å²) < 4.78 is 0. The van der Waals surface area contributed by atoms with E-state index in [0.717, 1.165) is 45.1 Å². The molecule has 1 aliphatic heterocycles. The lowest BCUT2D eigenvalue weighted by atomic mass is 9.80. The van der Waals surface area contributed by atoms with Crippen molar-refractivity contribution in [3.8, 4) is 0 Å². The Balaban J connectivity index is 2.13. The van der Waals surface area contributed by atoms with Gasteiger partial charge in [-0.1, -0.05) is 26.2 Å². The van der Waals surface area contributed by atoms with Crippen molar-refractivity contribution in [2.75, 3.05) is 19.6 Å². The average Bonchev–Trinajstić information content (AvgIpc) is 2.81. The second kappa shape index (κ2) is 5.72. The molecule has 3 N–H and O–H groups in total. The molecule has 2 amide bonds. The molecule has 0 bridgehead atoms. The molecule has 1 aliphatic carbocycles. The van der Waals surface area contributed by atoms with Gasteiger partial charge in [0.05, 0.1) is 0 Å². The Kier molecular flexibility index (Phi) is 4.37. The highest BCUT2D eigenvalue weighted by molar-refractivity contribution is 5.91. The number of nitrogens with two attached hydrogens (primary N) is 1. The van der Waals surface area contributed by atoms with Crippen molar-refractivity contribution in [3.63, 3.8) is 0 Å². The second-order valence-electron chi connectivity index (χ2n) is 6.82. The number of carbonyl (C=O) groups excluding carboxylic acids is 2. The third kappa shape index (κ3) is 2.97. The molecule has 5 nitrogen and oxygen atoms in total. The van der Waals surface area contributed by atoms with Crippen LogP contribution in [0.4, 0.5) is 0 Å². The number of hydrogen-bond acceptors (Lipinski definition) is 3. The van der Waals surface area contributed by atoms with Crippen molar-refractivity contribution in [2.24, 2.45) is 11.1 Å². The van der Waals surface area contributed by atoms with Gasteiger partial charge in [0.1, 0.15) is 5.54 Å². The van der Waals surface area contributed by atoms with Gasteiger partial charge >= 0.3 is 0 Å². The average molecular weight is 281 g/mol. The molecule has 2 fully saturated rings. The van der Waals surface area contributed by atoms with Crippen LogP contribution in [0.25, 0.3) is 0 Å². The molecule has 2 aliphatic rings. The monoisotopic (exact) mass is 281 g/mol. The molecular weight excluding hydrogens is 254 g/mol. The Morgan fingerprint density at radius 2 is 1.85 bits per heavy atom. The van der Waals surface area contributed by atoms with Gasteiger partial charge < -0.3 is 16.0 Å². The third-order valence-corrected chi connectivity index (χ3v) is 4.87. The smallest absolute Gasteiger partial charge is 0.248 e. The second-order valence-corrected chi connectivity index (χ2v) is 6.82. The van der Waals surface area contributed by atoms with E-state index in [1.54, 1.807) is 0 Å². The van der Waals surface area contributed by atoms with Gasteiger partial charge in [0.25, 0.3) is 0 Å². The zero-order chi connectivity index (χ0) is 14.8. The summed E-state index contributed by atoms with van der Waals surface area (Å²) in [6.45, 7) is 5.70. The summed E-state index contributed by atoms with van der Waals surface area (Å²) in [5.41, 5.74) is 5.18. The number of carbonyl (C=O) groups is 2. The van der Waals surface area contributed by atoms with E-state index in [2.05, 4.69) is 12.2 Å². The van der Waals surface area contributed by atoms with Crippen molar-refractivity contribution < 1.29 is 9.59 Å². The Morgan fingerprint density at radius 3 is 2.35 bits per heavy atom.